The van der Waals surface area contributed by atoms with Gasteiger partial charge in [0.2, 0.25) is 0 Å². The molecule has 1 aliphatic rings. The number of β-amino-alcohol motifs (C(OH)–C–C–N with tert-alkyl or cyclic N) is 1. The molecule has 1 amide bonds. The topological polar surface area (TPSA) is 74.7 Å². The van der Waals surface area contributed by atoms with Crippen LogP contribution in [0.25, 0.3) is 0 Å². The highest BCUT2D eigenvalue weighted by molar-refractivity contribution is 7.94. The minimum absolute atomic E-state index is 0.122. The van der Waals surface area contributed by atoms with E-state index in [1.807, 2.05) is 13.8 Å². The second-order valence-corrected chi connectivity index (χ2v) is 7.55. The van der Waals surface area contributed by atoms with Crippen molar-refractivity contribution in [3.63, 3.8) is 0 Å². The SMILES string of the molecule is CC(C)CC(O)CN1C(=O)C(C)(C)S1(=O)=O. The van der Waals surface area contributed by atoms with Crippen LogP contribution in [0, 0.1) is 5.92 Å². The molecule has 1 saturated heterocycles. The molecule has 1 unspecified atom stereocenters. The Balaban J connectivity index is 2.69. The van der Waals surface area contributed by atoms with Gasteiger partial charge in [0.15, 0.2) is 4.75 Å². The number of aliphatic hydroxyl groups excluding tert-OH is 1. The van der Waals surface area contributed by atoms with Crippen molar-refractivity contribution in [1.82, 2.24) is 4.31 Å². The lowest BCUT2D eigenvalue weighted by Gasteiger charge is -2.43. The molecular formula is C10H19NO4S. The van der Waals surface area contributed by atoms with Gasteiger partial charge in [0.25, 0.3) is 15.9 Å². The van der Waals surface area contributed by atoms with Crippen LogP contribution in [0.4, 0.5) is 0 Å². The highest BCUT2D eigenvalue weighted by Crippen LogP contribution is 2.34. The van der Waals surface area contributed by atoms with E-state index in [9.17, 15) is 18.3 Å². The molecule has 1 atom stereocenters. The number of carbonyl (C=O) groups is 1. The molecule has 0 aliphatic carbocycles. The fraction of sp³-hybridized carbons (Fsp3) is 0.900. The first-order valence-electron chi connectivity index (χ1n) is 5.35. The maximum Gasteiger partial charge on any atom is 0.258 e. The number of aliphatic hydroxyl groups is 1. The predicted molar refractivity (Wildman–Crippen MR) is 60.2 cm³/mol. The van der Waals surface area contributed by atoms with Crippen LogP contribution in [0.2, 0.25) is 0 Å². The average molecular weight is 249 g/mol. The van der Waals surface area contributed by atoms with Gasteiger partial charge in [0, 0.05) is 0 Å². The van der Waals surface area contributed by atoms with E-state index in [1.165, 1.54) is 13.8 Å². The lowest BCUT2D eigenvalue weighted by Crippen LogP contribution is -2.68. The van der Waals surface area contributed by atoms with Gasteiger partial charge in [-0.25, -0.2) is 12.7 Å². The Labute approximate surface area is 96.5 Å². The zero-order valence-electron chi connectivity index (χ0n) is 10.1. The fourth-order valence-electron chi connectivity index (χ4n) is 1.75. The summed E-state index contributed by atoms with van der Waals surface area (Å²) in [4.78, 5) is 11.6. The number of hydrogen-bond donors (Lipinski definition) is 1. The normalized spacial score (nSPS) is 24.4. The molecule has 16 heavy (non-hydrogen) atoms. The summed E-state index contributed by atoms with van der Waals surface area (Å²) >= 11 is 0. The van der Waals surface area contributed by atoms with E-state index < -0.39 is 26.8 Å². The number of carbonyl (C=O) groups excluding carboxylic acids is 1. The molecule has 94 valence electrons. The summed E-state index contributed by atoms with van der Waals surface area (Å²) in [6.07, 6.45) is -0.297. The summed E-state index contributed by atoms with van der Waals surface area (Å²) in [7, 11) is -3.56. The van der Waals surface area contributed by atoms with Crippen molar-refractivity contribution >= 4 is 15.9 Å². The van der Waals surface area contributed by atoms with Crippen LogP contribution in [0.1, 0.15) is 34.1 Å². The molecule has 0 aromatic rings. The molecule has 1 fully saturated rings. The van der Waals surface area contributed by atoms with Gasteiger partial charge in [0.05, 0.1) is 12.6 Å². The zero-order valence-corrected chi connectivity index (χ0v) is 10.9. The third kappa shape index (κ3) is 1.96. The van der Waals surface area contributed by atoms with Crippen LogP contribution in [0.5, 0.6) is 0 Å². The molecule has 0 bridgehead atoms. The fourth-order valence-corrected chi connectivity index (χ4v) is 3.31. The molecule has 6 heteroatoms. The van der Waals surface area contributed by atoms with Crippen molar-refractivity contribution in [3.8, 4) is 0 Å². The zero-order chi connectivity index (χ0) is 12.7. The van der Waals surface area contributed by atoms with Crippen LogP contribution in [0.3, 0.4) is 0 Å². The average Bonchev–Trinajstić information content (AvgIpc) is 2.11. The molecule has 0 aromatic carbocycles. The second-order valence-electron chi connectivity index (χ2n) is 5.13. The van der Waals surface area contributed by atoms with E-state index >= 15 is 0 Å². The third-order valence-corrected chi connectivity index (χ3v) is 5.16. The van der Waals surface area contributed by atoms with Gasteiger partial charge in [-0.15, -0.1) is 0 Å². The van der Waals surface area contributed by atoms with E-state index in [0.29, 0.717) is 6.42 Å². The van der Waals surface area contributed by atoms with Crippen LogP contribution < -0.4 is 0 Å². The number of rotatable bonds is 4. The van der Waals surface area contributed by atoms with Crippen molar-refractivity contribution in [1.29, 1.82) is 0 Å². The van der Waals surface area contributed by atoms with Crippen LogP contribution in [0.15, 0.2) is 0 Å². The van der Waals surface area contributed by atoms with Crippen molar-refractivity contribution < 1.29 is 18.3 Å². The summed E-state index contributed by atoms with van der Waals surface area (Å²) in [5.41, 5.74) is 0. The largest absolute Gasteiger partial charge is 0.391 e. The van der Waals surface area contributed by atoms with Gasteiger partial charge in [-0.05, 0) is 26.2 Å². The van der Waals surface area contributed by atoms with Gasteiger partial charge in [-0.1, -0.05) is 13.8 Å². The van der Waals surface area contributed by atoms with Gasteiger partial charge in [-0.2, -0.15) is 0 Å². The Bertz CT molecular complexity index is 386. The Morgan fingerprint density at radius 1 is 1.38 bits per heavy atom. The summed E-state index contributed by atoms with van der Waals surface area (Å²) < 4.78 is 22.8. The molecule has 0 spiro atoms. The molecule has 0 aromatic heterocycles. The first kappa shape index (κ1) is 13.4. The van der Waals surface area contributed by atoms with E-state index in [-0.39, 0.29) is 12.5 Å². The molecule has 1 heterocycles. The van der Waals surface area contributed by atoms with Crippen molar-refractivity contribution in [2.75, 3.05) is 6.54 Å². The van der Waals surface area contributed by atoms with E-state index in [2.05, 4.69) is 0 Å². The molecule has 0 saturated carbocycles. The van der Waals surface area contributed by atoms with Gasteiger partial charge < -0.3 is 5.11 Å². The summed E-state index contributed by atoms with van der Waals surface area (Å²) in [5.74, 6) is -0.169. The second kappa shape index (κ2) is 4.00. The van der Waals surface area contributed by atoms with Gasteiger partial charge in [0.1, 0.15) is 0 Å². The summed E-state index contributed by atoms with van der Waals surface area (Å²) in [5, 5.41) is 9.62. The number of nitrogens with zero attached hydrogens (tertiary/aromatic N) is 1. The minimum Gasteiger partial charge on any atom is -0.391 e. The lowest BCUT2D eigenvalue weighted by atomic mass is 10.1. The number of hydrogen-bond acceptors (Lipinski definition) is 4. The predicted octanol–water partition coefficient (Wildman–Crippen LogP) is 0.344. The Hall–Kier alpha value is -0.620. The van der Waals surface area contributed by atoms with E-state index in [1.54, 1.807) is 0 Å². The molecular weight excluding hydrogens is 230 g/mol. The number of sulfonamides is 1. The maximum atomic E-state index is 11.7. The maximum absolute atomic E-state index is 11.7. The van der Waals surface area contributed by atoms with Crippen molar-refractivity contribution in [2.45, 2.75) is 45.0 Å². The van der Waals surface area contributed by atoms with Crippen molar-refractivity contribution in [2.24, 2.45) is 5.92 Å². The highest BCUT2D eigenvalue weighted by Gasteiger charge is 2.60. The smallest absolute Gasteiger partial charge is 0.258 e. The van der Waals surface area contributed by atoms with E-state index in [0.717, 1.165) is 4.31 Å². The Kier molecular flexibility index (Phi) is 3.36. The lowest BCUT2D eigenvalue weighted by molar-refractivity contribution is -0.133. The molecule has 1 aliphatic heterocycles. The minimum atomic E-state index is -3.56. The van der Waals surface area contributed by atoms with Crippen LogP contribution in [-0.2, 0) is 14.8 Å². The van der Waals surface area contributed by atoms with Crippen molar-refractivity contribution in [3.05, 3.63) is 0 Å². The Morgan fingerprint density at radius 3 is 2.25 bits per heavy atom. The molecule has 1 rings (SSSR count). The molecule has 0 radical (unpaired) electrons. The quantitative estimate of drug-likeness (QED) is 0.780. The third-order valence-electron chi connectivity index (χ3n) is 2.80. The monoisotopic (exact) mass is 249 g/mol. The summed E-state index contributed by atoms with van der Waals surface area (Å²) in [6.45, 7) is 6.51. The van der Waals surface area contributed by atoms with Crippen LogP contribution >= 0.6 is 0 Å². The molecule has 1 N–H and O–H groups in total. The standard InChI is InChI=1S/C10H19NO4S/c1-7(2)5-8(12)6-11-9(13)10(3,4)16(11,14)15/h7-8,12H,5-6H2,1-4H3. The first-order chi connectivity index (χ1) is 7.10. The van der Waals surface area contributed by atoms with E-state index in [4.69, 9.17) is 0 Å². The van der Waals surface area contributed by atoms with Crippen LogP contribution in [-0.4, -0.2) is 41.1 Å². The highest BCUT2D eigenvalue weighted by atomic mass is 32.2. The summed E-state index contributed by atoms with van der Waals surface area (Å²) in [6, 6.07) is 0. The molecule has 5 nitrogen and oxygen atoms in total. The number of amides is 1. The Morgan fingerprint density at radius 2 is 1.88 bits per heavy atom. The van der Waals surface area contributed by atoms with Gasteiger partial charge in [-0.3, -0.25) is 4.79 Å². The van der Waals surface area contributed by atoms with Gasteiger partial charge >= 0.3 is 0 Å². The first-order valence-corrected chi connectivity index (χ1v) is 6.79.